The molecule has 0 aliphatic rings. The molecular weight excluding hydrogens is 333 g/mol. The van der Waals surface area contributed by atoms with Crippen LogP contribution in [0.1, 0.15) is 28.4 Å². The number of aryl methyl sites for hydroxylation is 1. The van der Waals surface area contributed by atoms with E-state index in [0.717, 1.165) is 11.1 Å². The third-order valence-corrected chi connectivity index (χ3v) is 4.28. The van der Waals surface area contributed by atoms with Gasteiger partial charge in [-0.1, -0.05) is 30.3 Å². The fourth-order valence-electron chi connectivity index (χ4n) is 2.16. The Labute approximate surface area is 132 Å². The van der Waals surface area contributed by atoms with Crippen LogP contribution in [-0.4, -0.2) is 17.4 Å². The molecule has 0 radical (unpaired) electrons. The van der Waals surface area contributed by atoms with E-state index in [4.69, 9.17) is 0 Å². The van der Waals surface area contributed by atoms with E-state index in [1.54, 1.807) is 17.0 Å². The Kier molecular flexibility index (Phi) is 5.12. The fraction of sp³-hybridized carbons (Fsp3) is 0.235. The molecule has 110 valence electrons. The third-order valence-electron chi connectivity index (χ3n) is 3.47. The van der Waals surface area contributed by atoms with Gasteiger partial charge in [-0.25, -0.2) is 4.39 Å². The van der Waals surface area contributed by atoms with Gasteiger partial charge in [0.1, 0.15) is 5.82 Å². The molecule has 0 atom stereocenters. The topological polar surface area (TPSA) is 20.3 Å². The minimum absolute atomic E-state index is 0.174. The van der Waals surface area contributed by atoms with Crippen LogP contribution in [0.25, 0.3) is 0 Å². The molecule has 0 saturated carbocycles. The van der Waals surface area contributed by atoms with Crippen LogP contribution in [-0.2, 0) is 6.54 Å². The van der Waals surface area contributed by atoms with E-state index < -0.39 is 5.82 Å². The SMILES string of the molecule is CCN(Cc1ccccc1C)C(=O)c1cccc(F)c1Br. The molecular formula is C17H17BrFNO. The van der Waals surface area contributed by atoms with Crippen molar-refractivity contribution in [2.45, 2.75) is 20.4 Å². The second-order valence-electron chi connectivity index (χ2n) is 4.85. The molecule has 0 fully saturated rings. The Morgan fingerprint density at radius 1 is 1.19 bits per heavy atom. The molecule has 0 saturated heterocycles. The summed E-state index contributed by atoms with van der Waals surface area (Å²) in [5.41, 5.74) is 2.59. The Bertz CT molecular complexity index is 657. The minimum atomic E-state index is -0.423. The minimum Gasteiger partial charge on any atom is -0.335 e. The number of rotatable bonds is 4. The molecule has 0 N–H and O–H groups in total. The van der Waals surface area contributed by atoms with Crippen molar-refractivity contribution < 1.29 is 9.18 Å². The Morgan fingerprint density at radius 3 is 2.57 bits per heavy atom. The number of benzene rings is 2. The first-order chi connectivity index (χ1) is 10.0. The van der Waals surface area contributed by atoms with Crippen LogP contribution in [0.2, 0.25) is 0 Å². The molecule has 4 heteroatoms. The van der Waals surface area contributed by atoms with Crippen molar-refractivity contribution in [2.75, 3.05) is 6.54 Å². The smallest absolute Gasteiger partial charge is 0.255 e. The maximum absolute atomic E-state index is 13.6. The highest BCUT2D eigenvalue weighted by Gasteiger charge is 2.19. The summed E-state index contributed by atoms with van der Waals surface area (Å²) < 4.78 is 13.8. The number of halogens is 2. The molecule has 0 aromatic heterocycles. The van der Waals surface area contributed by atoms with Crippen LogP contribution in [0.5, 0.6) is 0 Å². The van der Waals surface area contributed by atoms with Crippen molar-refractivity contribution in [2.24, 2.45) is 0 Å². The number of carbonyl (C=O) groups excluding carboxylic acids is 1. The Hall–Kier alpha value is -1.68. The number of nitrogens with zero attached hydrogens (tertiary/aromatic N) is 1. The highest BCUT2D eigenvalue weighted by atomic mass is 79.9. The first-order valence-electron chi connectivity index (χ1n) is 6.82. The summed E-state index contributed by atoms with van der Waals surface area (Å²) >= 11 is 3.16. The largest absolute Gasteiger partial charge is 0.335 e. The molecule has 2 aromatic rings. The predicted octanol–water partition coefficient (Wildman–Crippen LogP) is 4.56. The molecule has 0 aliphatic carbocycles. The standard InChI is InChI=1S/C17H17BrFNO/c1-3-20(11-13-8-5-4-7-12(13)2)17(21)14-9-6-10-15(19)16(14)18/h4-10H,3,11H2,1-2H3. The fourth-order valence-corrected chi connectivity index (χ4v) is 2.59. The summed E-state index contributed by atoms with van der Waals surface area (Å²) in [6.45, 7) is 5.02. The van der Waals surface area contributed by atoms with Gasteiger partial charge in [0, 0.05) is 13.1 Å². The van der Waals surface area contributed by atoms with Crippen LogP contribution < -0.4 is 0 Å². The first kappa shape index (κ1) is 15.7. The summed E-state index contributed by atoms with van der Waals surface area (Å²) in [6.07, 6.45) is 0. The second-order valence-corrected chi connectivity index (χ2v) is 5.64. The lowest BCUT2D eigenvalue weighted by atomic mass is 10.1. The van der Waals surface area contributed by atoms with Gasteiger partial charge in [-0.2, -0.15) is 0 Å². The number of carbonyl (C=O) groups is 1. The average Bonchev–Trinajstić information content (AvgIpc) is 2.48. The molecule has 0 bridgehead atoms. The molecule has 2 rings (SSSR count). The third kappa shape index (κ3) is 3.50. The van der Waals surface area contributed by atoms with E-state index in [1.165, 1.54) is 6.07 Å². The van der Waals surface area contributed by atoms with Crippen molar-refractivity contribution in [1.82, 2.24) is 4.90 Å². The van der Waals surface area contributed by atoms with Crippen LogP contribution in [0.4, 0.5) is 4.39 Å². The molecule has 2 aromatic carbocycles. The highest BCUT2D eigenvalue weighted by Crippen LogP contribution is 2.23. The molecule has 0 unspecified atom stereocenters. The zero-order valence-corrected chi connectivity index (χ0v) is 13.7. The predicted molar refractivity (Wildman–Crippen MR) is 85.7 cm³/mol. The van der Waals surface area contributed by atoms with E-state index >= 15 is 0 Å². The van der Waals surface area contributed by atoms with Gasteiger partial charge in [0.05, 0.1) is 10.0 Å². The van der Waals surface area contributed by atoms with Crippen LogP contribution >= 0.6 is 15.9 Å². The van der Waals surface area contributed by atoms with Crippen molar-refractivity contribution in [1.29, 1.82) is 0 Å². The van der Waals surface area contributed by atoms with Crippen molar-refractivity contribution in [3.8, 4) is 0 Å². The summed E-state index contributed by atoms with van der Waals surface area (Å²) in [5, 5.41) is 0. The quantitative estimate of drug-likeness (QED) is 0.792. The first-order valence-corrected chi connectivity index (χ1v) is 7.61. The van der Waals surface area contributed by atoms with Gasteiger partial charge in [0.2, 0.25) is 0 Å². The van der Waals surface area contributed by atoms with Gasteiger partial charge >= 0.3 is 0 Å². The molecule has 0 heterocycles. The molecule has 1 amide bonds. The summed E-state index contributed by atoms with van der Waals surface area (Å²) in [4.78, 5) is 14.3. The maximum Gasteiger partial charge on any atom is 0.255 e. The summed E-state index contributed by atoms with van der Waals surface area (Å²) in [7, 11) is 0. The Balaban J connectivity index is 2.27. The molecule has 0 aliphatic heterocycles. The van der Waals surface area contributed by atoms with E-state index in [1.807, 2.05) is 38.1 Å². The van der Waals surface area contributed by atoms with Gasteiger partial charge in [0.25, 0.3) is 5.91 Å². The number of amides is 1. The van der Waals surface area contributed by atoms with Gasteiger partial charge in [-0.05, 0) is 53.0 Å². The van der Waals surface area contributed by atoms with E-state index in [0.29, 0.717) is 18.7 Å². The van der Waals surface area contributed by atoms with Crippen molar-refractivity contribution in [3.05, 3.63) is 69.4 Å². The number of hydrogen-bond acceptors (Lipinski definition) is 1. The highest BCUT2D eigenvalue weighted by molar-refractivity contribution is 9.10. The van der Waals surface area contributed by atoms with Crippen molar-refractivity contribution in [3.63, 3.8) is 0 Å². The lowest BCUT2D eigenvalue weighted by Crippen LogP contribution is -2.31. The molecule has 21 heavy (non-hydrogen) atoms. The zero-order chi connectivity index (χ0) is 15.4. The summed E-state index contributed by atoms with van der Waals surface area (Å²) in [6, 6.07) is 12.5. The van der Waals surface area contributed by atoms with Crippen LogP contribution in [0.3, 0.4) is 0 Å². The molecule has 0 spiro atoms. The van der Waals surface area contributed by atoms with Gasteiger partial charge in [-0.3, -0.25) is 4.79 Å². The normalized spacial score (nSPS) is 10.5. The van der Waals surface area contributed by atoms with E-state index in [2.05, 4.69) is 15.9 Å². The Morgan fingerprint density at radius 2 is 1.90 bits per heavy atom. The van der Waals surface area contributed by atoms with E-state index in [-0.39, 0.29) is 10.4 Å². The average molecular weight is 350 g/mol. The van der Waals surface area contributed by atoms with E-state index in [9.17, 15) is 9.18 Å². The lowest BCUT2D eigenvalue weighted by molar-refractivity contribution is 0.0751. The van der Waals surface area contributed by atoms with Gasteiger partial charge < -0.3 is 4.90 Å². The number of hydrogen-bond donors (Lipinski definition) is 0. The lowest BCUT2D eigenvalue weighted by Gasteiger charge is -2.22. The van der Waals surface area contributed by atoms with Gasteiger partial charge in [0.15, 0.2) is 0 Å². The van der Waals surface area contributed by atoms with Crippen LogP contribution in [0, 0.1) is 12.7 Å². The van der Waals surface area contributed by atoms with Crippen LogP contribution in [0.15, 0.2) is 46.9 Å². The van der Waals surface area contributed by atoms with Gasteiger partial charge in [-0.15, -0.1) is 0 Å². The maximum atomic E-state index is 13.6. The second kappa shape index (κ2) is 6.85. The van der Waals surface area contributed by atoms with Crippen molar-refractivity contribution >= 4 is 21.8 Å². The molecule has 2 nitrogen and oxygen atoms in total. The summed E-state index contributed by atoms with van der Waals surface area (Å²) in [5.74, 6) is -0.597. The zero-order valence-electron chi connectivity index (χ0n) is 12.1. The monoisotopic (exact) mass is 349 g/mol.